The number of urea groups is 1. The molecule has 1 unspecified atom stereocenters. The van der Waals surface area contributed by atoms with Gasteiger partial charge < -0.3 is 15.4 Å². The first-order valence-corrected chi connectivity index (χ1v) is 7.48. The van der Waals surface area contributed by atoms with E-state index in [2.05, 4.69) is 10.6 Å². The molecule has 1 aliphatic heterocycles. The van der Waals surface area contributed by atoms with Gasteiger partial charge >= 0.3 is 12.0 Å². The molecule has 0 aromatic heterocycles. The number of ether oxygens (including phenoxy) is 1. The van der Waals surface area contributed by atoms with Crippen LogP contribution in [0.4, 0.5) is 4.79 Å². The van der Waals surface area contributed by atoms with Crippen LogP contribution in [0.5, 0.6) is 0 Å². The van der Waals surface area contributed by atoms with Crippen LogP contribution in [-0.2, 0) is 9.53 Å². The second-order valence-corrected chi connectivity index (χ2v) is 7.19. The molecule has 2 N–H and O–H groups in total. The van der Waals surface area contributed by atoms with E-state index in [-0.39, 0.29) is 12.2 Å². The quantitative estimate of drug-likeness (QED) is 0.640. The largest absolute Gasteiger partial charge is 0.458 e. The molecule has 5 nitrogen and oxygen atoms in total. The second-order valence-electron chi connectivity index (χ2n) is 4.67. The lowest BCUT2D eigenvalue weighted by atomic mass is 9.96. The number of benzene rings is 1. The van der Waals surface area contributed by atoms with Crippen molar-refractivity contribution in [3.63, 3.8) is 0 Å². The minimum atomic E-state index is -1.70. The van der Waals surface area contributed by atoms with E-state index in [9.17, 15) is 9.59 Å². The summed E-state index contributed by atoms with van der Waals surface area (Å²) in [6.45, 7) is 1.23. The van der Waals surface area contributed by atoms with E-state index in [1.165, 1.54) is 0 Å². The third kappa shape index (κ3) is 4.29. The molecule has 1 atom stereocenters. The van der Waals surface area contributed by atoms with Gasteiger partial charge in [-0.25, -0.2) is 9.59 Å². The number of alkyl halides is 3. The minimum Gasteiger partial charge on any atom is -0.458 e. The average Bonchev–Trinajstić information content (AvgIpc) is 2.44. The molecule has 0 aliphatic carbocycles. The number of allylic oxidation sites excluding steroid dienone is 1. The zero-order valence-electron chi connectivity index (χ0n) is 11.5. The van der Waals surface area contributed by atoms with Crippen molar-refractivity contribution in [2.75, 3.05) is 6.61 Å². The highest BCUT2D eigenvalue weighted by atomic mass is 35.6. The molecule has 0 bridgehead atoms. The lowest BCUT2D eigenvalue weighted by Gasteiger charge is -2.28. The Morgan fingerprint density at radius 2 is 1.91 bits per heavy atom. The van der Waals surface area contributed by atoms with E-state index >= 15 is 0 Å². The van der Waals surface area contributed by atoms with Crippen molar-refractivity contribution in [3.8, 4) is 0 Å². The monoisotopic (exact) mass is 362 g/mol. The molecule has 0 spiro atoms. The maximum atomic E-state index is 12.3. The number of rotatable bonds is 3. The summed E-state index contributed by atoms with van der Waals surface area (Å²) in [7, 11) is 0. The normalized spacial score (nSPS) is 18.5. The molecule has 1 aromatic carbocycles. The van der Waals surface area contributed by atoms with Gasteiger partial charge in [0.25, 0.3) is 0 Å². The Balaban J connectivity index is 2.29. The molecule has 1 aliphatic rings. The third-order valence-corrected chi connectivity index (χ3v) is 3.32. The first kappa shape index (κ1) is 16.9. The Morgan fingerprint density at radius 1 is 1.27 bits per heavy atom. The van der Waals surface area contributed by atoms with Crippen LogP contribution in [-0.4, -0.2) is 22.4 Å². The van der Waals surface area contributed by atoms with Crippen LogP contribution in [0.1, 0.15) is 18.5 Å². The van der Waals surface area contributed by atoms with E-state index in [0.29, 0.717) is 5.70 Å². The van der Waals surface area contributed by atoms with Crippen molar-refractivity contribution in [1.29, 1.82) is 0 Å². The third-order valence-electron chi connectivity index (χ3n) is 2.99. The molecule has 8 heteroatoms. The second kappa shape index (κ2) is 6.77. The fraction of sp³-hybridized carbons (Fsp3) is 0.286. The van der Waals surface area contributed by atoms with Gasteiger partial charge in [-0.1, -0.05) is 65.1 Å². The molecule has 22 heavy (non-hydrogen) atoms. The number of hydrogen-bond acceptors (Lipinski definition) is 3. The SMILES string of the molecule is CC1=C(C(=O)OCC(Cl)(Cl)Cl)C(c2ccccc2)NC(=O)N1. The summed E-state index contributed by atoms with van der Waals surface area (Å²) in [6, 6.07) is 8.02. The van der Waals surface area contributed by atoms with Crippen molar-refractivity contribution in [2.45, 2.75) is 16.8 Å². The van der Waals surface area contributed by atoms with Crippen LogP contribution in [0.15, 0.2) is 41.6 Å². The maximum absolute atomic E-state index is 12.3. The van der Waals surface area contributed by atoms with Crippen molar-refractivity contribution >= 4 is 46.8 Å². The van der Waals surface area contributed by atoms with Gasteiger partial charge in [0.05, 0.1) is 11.6 Å². The van der Waals surface area contributed by atoms with Crippen molar-refractivity contribution < 1.29 is 14.3 Å². The zero-order valence-corrected chi connectivity index (χ0v) is 13.8. The van der Waals surface area contributed by atoms with Gasteiger partial charge in [-0.3, -0.25) is 0 Å². The molecule has 1 aromatic rings. The summed E-state index contributed by atoms with van der Waals surface area (Å²) in [5.74, 6) is -0.662. The molecule has 0 saturated carbocycles. The van der Waals surface area contributed by atoms with Gasteiger partial charge in [0.1, 0.15) is 6.61 Å². The van der Waals surface area contributed by atoms with E-state index in [1.54, 1.807) is 19.1 Å². The molecule has 2 rings (SSSR count). The summed E-state index contributed by atoms with van der Waals surface area (Å²) in [5, 5.41) is 5.22. The average molecular weight is 364 g/mol. The van der Waals surface area contributed by atoms with Gasteiger partial charge in [0.2, 0.25) is 3.79 Å². The van der Waals surface area contributed by atoms with E-state index in [4.69, 9.17) is 39.5 Å². The number of carbonyl (C=O) groups is 2. The van der Waals surface area contributed by atoms with Gasteiger partial charge in [0.15, 0.2) is 0 Å². The number of esters is 1. The van der Waals surface area contributed by atoms with E-state index in [1.807, 2.05) is 18.2 Å². The van der Waals surface area contributed by atoms with Crippen LogP contribution in [0.2, 0.25) is 0 Å². The van der Waals surface area contributed by atoms with Gasteiger partial charge in [-0.2, -0.15) is 0 Å². The van der Waals surface area contributed by atoms with Crippen LogP contribution >= 0.6 is 34.8 Å². The molecule has 118 valence electrons. The van der Waals surface area contributed by atoms with E-state index in [0.717, 1.165) is 5.56 Å². The van der Waals surface area contributed by atoms with Crippen LogP contribution in [0.3, 0.4) is 0 Å². The Bertz CT molecular complexity index is 612. The number of amides is 2. The number of hydrogen-bond donors (Lipinski definition) is 2. The topological polar surface area (TPSA) is 67.4 Å². The number of carbonyl (C=O) groups excluding carboxylic acids is 2. The molecule has 0 radical (unpaired) electrons. The van der Waals surface area contributed by atoms with Crippen LogP contribution < -0.4 is 10.6 Å². The molecular formula is C14H13Cl3N2O3. The van der Waals surface area contributed by atoms with E-state index < -0.39 is 21.8 Å². The summed E-state index contributed by atoms with van der Waals surface area (Å²) >= 11 is 16.7. The lowest BCUT2D eigenvalue weighted by Crippen LogP contribution is -2.45. The Labute approximate surface area is 142 Å². The molecule has 0 fully saturated rings. The lowest BCUT2D eigenvalue weighted by molar-refractivity contribution is -0.139. The van der Waals surface area contributed by atoms with Crippen molar-refractivity contribution in [2.24, 2.45) is 0 Å². The van der Waals surface area contributed by atoms with Crippen molar-refractivity contribution in [3.05, 3.63) is 47.2 Å². The summed E-state index contributed by atoms with van der Waals surface area (Å²) < 4.78 is 3.32. The first-order valence-electron chi connectivity index (χ1n) is 6.35. The fourth-order valence-electron chi connectivity index (χ4n) is 2.09. The smallest absolute Gasteiger partial charge is 0.338 e. The van der Waals surface area contributed by atoms with Crippen molar-refractivity contribution in [1.82, 2.24) is 10.6 Å². The summed E-state index contributed by atoms with van der Waals surface area (Å²) in [5.41, 5.74) is 1.41. The zero-order chi connectivity index (χ0) is 16.3. The first-order chi connectivity index (χ1) is 10.3. The van der Waals surface area contributed by atoms with Crippen LogP contribution in [0, 0.1) is 0 Å². The van der Waals surface area contributed by atoms with Gasteiger partial charge in [-0.15, -0.1) is 0 Å². The number of nitrogens with one attached hydrogen (secondary N) is 2. The highest BCUT2D eigenvalue weighted by Crippen LogP contribution is 2.30. The molecule has 1 heterocycles. The van der Waals surface area contributed by atoms with Crippen LogP contribution in [0.25, 0.3) is 0 Å². The van der Waals surface area contributed by atoms with Gasteiger partial charge in [0, 0.05) is 5.70 Å². The Morgan fingerprint density at radius 3 is 2.50 bits per heavy atom. The molecular weight excluding hydrogens is 351 g/mol. The summed E-state index contributed by atoms with van der Waals surface area (Å²) in [6.07, 6.45) is 0. The highest BCUT2D eigenvalue weighted by molar-refractivity contribution is 6.67. The molecule has 0 saturated heterocycles. The number of halogens is 3. The Hall–Kier alpha value is -1.43. The molecule has 2 amide bonds. The Kier molecular flexibility index (Phi) is 5.21. The standard InChI is InChI=1S/C14H13Cl3N2O3/c1-8-10(12(20)22-7-14(15,16)17)11(19-13(21)18-8)9-5-3-2-4-6-9/h2-6,11H,7H2,1H3,(H2,18,19,21). The summed E-state index contributed by atoms with van der Waals surface area (Å²) in [4.78, 5) is 24.0. The predicted octanol–water partition coefficient (Wildman–Crippen LogP) is 3.23. The fourth-order valence-corrected chi connectivity index (χ4v) is 2.25. The predicted molar refractivity (Wildman–Crippen MR) is 84.8 cm³/mol. The minimum absolute atomic E-state index is 0.264. The maximum Gasteiger partial charge on any atom is 0.338 e. The van der Waals surface area contributed by atoms with Gasteiger partial charge in [-0.05, 0) is 12.5 Å². The highest BCUT2D eigenvalue weighted by Gasteiger charge is 2.33.